The van der Waals surface area contributed by atoms with Crippen molar-refractivity contribution < 1.29 is 0 Å². The molecule has 3 heteroatoms. The largest absolute Gasteiger partial charge is 0.311 e. The molecule has 0 bridgehead atoms. The average molecular weight is 293 g/mol. The molecule has 2 heterocycles. The van der Waals surface area contributed by atoms with E-state index < -0.39 is 0 Å². The Morgan fingerprint density at radius 2 is 1.52 bits per heavy atom. The van der Waals surface area contributed by atoms with Crippen LogP contribution in [-0.4, -0.2) is 60.6 Å². The fraction of sp³-hybridized carbons (Fsp3) is 0.889. The van der Waals surface area contributed by atoms with Crippen molar-refractivity contribution in [3.05, 3.63) is 11.6 Å². The molecule has 122 valence electrons. The van der Waals surface area contributed by atoms with E-state index in [-0.39, 0.29) is 0 Å². The maximum atomic E-state index is 3.93. The molecule has 0 spiro atoms. The number of hydrogen-bond donors (Lipinski definition) is 1. The first kappa shape index (κ1) is 17.0. The Balaban J connectivity index is 1.64. The molecule has 21 heavy (non-hydrogen) atoms. The van der Waals surface area contributed by atoms with Gasteiger partial charge >= 0.3 is 0 Å². The predicted octanol–water partition coefficient (Wildman–Crippen LogP) is 2.88. The third kappa shape index (κ3) is 5.72. The highest BCUT2D eigenvalue weighted by Gasteiger charge is 2.25. The van der Waals surface area contributed by atoms with Gasteiger partial charge in [-0.25, -0.2) is 0 Å². The second-order valence-electron chi connectivity index (χ2n) is 7.43. The summed E-state index contributed by atoms with van der Waals surface area (Å²) in [6.07, 6.45) is 7.66. The lowest BCUT2D eigenvalue weighted by Crippen LogP contribution is -2.50. The Kier molecular flexibility index (Phi) is 6.72. The third-order valence-electron chi connectivity index (χ3n) is 5.08. The molecule has 0 radical (unpaired) electrons. The van der Waals surface area contributed by atoms with Gasteiger partial charge in [0.2, 0.25) is 0 Å². The molecule has 0 atom stereocenters. The zero-order valence-electron chi connectivity index (χ0n) is 14.6. The standard InChI is InChI=1S/C18H35N3/c1-15(2)5-10-20-11-6-17(7-12-20)19-18-8-13-21(14-9-18)16(3)4/h5,16-19H,6-14H2,1-4H3. The average Bonchev–Trinajstić information content (AvgIpc) is 2.47. The topological polar surface area (TPSA) is 18.5 Å². The third-order valence-corrected chi connectivity index (χ3v) is 5.08. The summed E-state index contributed by atoms with van der Waals surface area (Å²) in [7, 11) is 0. The zero-order chi connectivity index (χ0) is 15.2. The highest BCUT2D eigenvalue weighted by molar-refractivity contribution is 4.96. The van der Waals surface area contributed by atoms with Crippen LogP contribution in [0, 0.1) is 0 Å². The lowest BCUT2D eigenvalue weighted by atomic mass is 9.99. The van der Waals surface area contributed by atoms with E-state index in [1.165, 1.54) is 57.4 Å². The van der Waals surface area contributed by atoms with Gasteiger partial charge in [-0.2, -0.15) is 0 Å². The molecule has 0 unspecified atom stereocenters. The summed E-state index contributed by atoms with van der Waals surface area (Å²) in [6, 6.07) is 2.22. The van der Waals surface area contributed by atoms with E-state index in [2.05, 4.69) is 48.9 Å². The first-order valence-electron chi connectivity index (χ1n) is 8.90. The van der Waals surface area contributed by atoms with E-state index in [0.717, 1.165) is 18.6 Å². The van der Waals surface area contributed by atoms with Crippen LogP contribution in [0.3, 0.4) is 0 Å². The molecule has 2 fully saturated rings. The van der Waals surface area contributed by atoms with Crippen LogP contribution < -0.4 is 5.32 Å². The summed E-state index contributed by atoms with van der Waals surface area (Å²) in [6.45, 7) is 15.2. The van der Waals surface area contributed by atoms with Crippen molar-refractivity contribution in [3.63, 3.8) is 0 Å². The van der Waals surface area contributed by atoms with Crippen molar-refractivity contribution in [1.29, 1.82) is 0 Å². The van der Waals surface area contributed by atoms with Crippen molar-refractivity contribution in [2.75, 3.05) is 32.7 Å². The molecule has 1 N–H and O–H groups in total. The number of nitrogens with zero attached hydrogens (tertiary/aromatic N) is 2. The van der Waals surface area contributed by atoms with E-state index in [1.54, 1.807) is 0 Å². The summed E-state index contributed by atoms with van der Waals surface area (Å²) in [5.41, 5.74) is 1.44. The molecule has 2 rings (SSSR count). The highest BCUT2D eigenvalue weighted by atomic mass is 15.2. The molecular formula is C18H35N3. The van der Waals surface area contributed by atoms with E-state index in [1.807, 2.05) is 0 Å². The van der Waals surface area contributed by atoms with Crippen LogP contribution >= 0.6 is 0 Å². The van der Waals surface area contributed by atoms with Gasteiger partial charge in [0, 0.05) is 24.7 Å². The maximum absolute atomic E-state index is 3.93. The fourth-order valence-electron chi connectivity index (χ4n) is 3.51. The van der Waals surface area contributed by atoms with Gasteiger partial charge in [0.05, 0.1) is 0 Å². The van der Waals surface area contributed by atoms with Crippen LogP contribution in [-0.2, 0) is 0 Å². The van der Waals surface area contributed by atoms with Crippen molar-refractivity contribution in [2.24, 2.45) is 0 Å². The van der Waals surface area contributed by atoms with E-state index in [9.17, 15) is 0 Å². The molecule has 0 aliphatic carbocycles. The second kappa shape index (κ2) is 8.30. The number of likely N-dealkylation sites (tertiary alicyclic amines) is 2. The quantitative estimate of drug-likeness (QED) is 0.786. The number of nitrogens with one attached hydrogen (secondary N) is 1. The fourth-order valence-corrected chi connectivity index (χ4v) is 3.51. The van der Waals surface area contributed by atoms with Crippen molar-refractivity contribution in [2.45, 2.75) is 71.5 Å². The molecule has 0 amide bonds. The van der Waals surface area contributed by atoms with Crippen LogP contribution in [0.1, 0.15) is 53.4 Å². The Bertz CT molecular complexity index is 317. The Morgan fingerprint density at radius 3 is 2.00 bits per heavy atom. The summed E-state index contributed by atoms with van der Waals surface area (Å²) in [5.74, 6) is 0. The molecule has 2 saturated heterocycles. The maximum Gasteiger partial charge on any atom is 0.0165 e. The molecule has 2 aliphatic heterocycles. The van der Waals surface area contributed by atoms with Crippen LogP contribution in [0.2, 0.25) is 0 Å². The van der Waals surface area contributed by atoms with E-state index in [0.29, 0.717) is 6.04 Å². The van der Waals surface area contributed by atoms with Gasteiger partial charge in [0.25, 0.3) is 0 Å². The number of piperidine rings is 2. The number of hydrogen-bond acceptors (Lipinski definition) is 3. The zero-order valence-corrected chi connectivity index (χ0v) is 14.6. The molecule has 3 nitrogen and oxygen atoms in total. The van der Waals surface area contributed by atoms with Gasteiger partial charge in [-0.3, -0.25) is 4.90 Å². The van der Waals surface area contributed by atoms with Crippen LogP contribution in [0.25, 0.3) is 0 Å². The van der Waals surface area contributed by atoms with E-state index >= 15 is 0 Å². The summed E-state index contributed by atoms with van der Waals surface area (Å²) >= 11 is 0. The van der Waals surface area contributed by atoms with Gasteiger partial charge < -0.3 is 10.2 Å². The molecular weight excluding hydrogens is 258 g/mol. The minimum absolute atomic E-state index is 0.712. The van der Waals surface area contributed by atoms with Gasteiger partial charge in [-0.15, -0.1) is 0 Å². The number of allylic oxidation sites excluding steroid dienone is 1. The lowest BCUT2D eigenvalue weighted by molar-refractivity contribution is 0.143. The van der Waals surface area contributed by atoms with Crippen LogP contribution in [0.4, 0.5) is 0 Å². The van der Waals surface area contributed by atoms with Gasteiger partial charge in [-0.1, -0.05) is 11.6 Å². The van der Waals surface area contributed by atoms with Crippen LogP contribution in [0.5, 0.6) is 0 Å². The minimum atomic E-state index is 0.712. The molecule has 0 aromatic heterocycles. The lowest BCUT2D eigenvalue weighted by Gasteiger charge is -2.38. The van der Waals surface area contributed by atoms with Crippen molar-refractivity contribution in [1.82, 2.24) is 15.1 Å². The van der Waals surface area contributed by atoms with Crippen LogP contribution in [0.15, 0.2) is 11.6 Å². The first-order valence-corrected chi connectivity index (χ1v) is 8.90. The summed E-state index contributed by atoms with van der Waals surface area (Å²) < 4.78 is 0. The monoisotopic (exact) mass is 293 g/mol. The number of rotatable bonds is 5. The van der Waals surface area contributed by atoms with Crippen molar-refractivity contribution in [3.8, 4) is 0 Å². The molecule has 2 aliphatic rings. The predicted molar refractivity (Wildman–Crippen MR) is 91.8 cm³/mol. The summed E-state index contributed by atoms with van der Waals surface area (Å²) in [4.78, 5) is 5.20. The highest BCUT2D eigenvalue weighted by Crippen LogP contribution is 2.17. The van der Waals surface area contributed by atoms with Gasteiger partial charge in [0.1, 0.15) is 0 Å². The molecule has 0 aromatic carbocycles. The normalized spacial score (nSPS) is 23.7. The Labute approximate surface area is 131 Å². The second-order valence-corrected chi connectivity index (χ2v) is 7.43. The van der Waals surface area contributed by atoms with E-state index in [4.69, 9.17) is 0 Å². The van der Waals surface area contributed by atoms with Gasteiger partial charge in [-0.05, 0) is 79.6 Å². The smallest absolute Gasteiger partial charge is 0.0165 e. The Hall–Kier alpha value is -0.380. The van der Waals surface area contributed by atoms with Crippen molar-refractivity contribution >= 4 is 0 Å². The molecule has 0 saturated carbocycles. The SMILES string of the molecule is CC(C)=CCN1CCC(NC2CCN(C(C)C)CC2)CC1. The van der Waals surface area contributed by atoms with Gasteiger partial charge in [0.15, 0.2) is 0 Å². The summed E-state index contributed by atoms with van der Waals surface area (Å²) in [5, 5.41) is 3.93. The Morgan fingerprint density at radius 1 is 1.00 bits per heavy atom. The first-order chi connectivity index (χ1) is 10.0. The molecule has 0 aromatic rings. The minimum Gasteiger partial charge on any atom is -0.311 e.